The van der Waals surface area contributed by atoms with Crippen LogP contribution >= 0.6 is 0 Å². The van der Waals surface area contributed by atoms with Crippen molar-refractivity contribution in [3.05, 3.63) is 29.8 Å². The van der Waals surface area contributed by atoms with Crippen LogP contribution in [-0.4, -0.2) is 37.5 Å². The monoisotopic (exact) mass is 370 g/mol. The molecule has 0 N–H and O–H groups in total. The summed E-state index contributed by atoms with van der Waals surface area (Å²) >= 11 is 0. The van der Waals surface area contributed by atoms with E-state index in [1.54, 1.807) is 25.1 Å². The number of carbonyl (C=O) groups is 1. The molecule has 1 aliphatic rings. The Morgan fingerprint density at radius 2 is 1.73 bits per heavy atom. The lowest BCUT2D eigenvalue weighted by Gasteiger charge is -2.32. The van der Waals surface area contributed by atoms with Crippen LogP contribution in [0.15, 0.2) is 24.3 Å². The smallest absolute Gasteiger partial charge is 0.466 e. The minimum absolute atomic E-state index is 0.00786. The summed E-state index contributed by atoms with van der Waals surface area (Å²) in [7, 11) is -0.799. The summed E-state index contributed by atoms with van der Waals surface area (Å²) in [6.07, 6.45) is -0.0751. The molecule has 5 nitrogen and oxygen atoms in total. The molecular formula is C18H25BF2O5. The Bertz CT molecular complexity index is 620. The number of benzene rings is 1. The van der Waals surface area contributed by atoms with Crippen LogP contribution in [-0.2, 0) is 18.8 Å². The van der Waals surface area contributed by atoms with Gasteiger partial charge in [-0.1, -0.05) is 18.2 Å². The molecule has 0 radical (unpaired) electrons. The van der Waals surface area contributed by atoms with Gasteiger partial charge in [0, 0.05) is 5.82 Å². The Balaban J connectivity index is 2.39. The topological polar surface area (TPSA) is 54.0 Å². The molecule has 26 heavy (non-hydrogen) atoms. The van der Waals surface area contributed by atoms with Crippen LogP contribution in [0.25, 0.3) is 0 Å². The molecule has 0 spiro atoms. The second-order valence-corrected chi connectivity index (χ2v) is 7.16. The first-order valence-electron chi connectivity index (χ1n) is 8.62. The van der Waals surface area contributed by atoms with Gasteiger partial charge in [-0.05, 0) is 46.2 Å². The van der Waals surface area contributed by atoms with Gasteiger partial charge >= 0.3 is 19.7 Å². The highest BCUT2D eigenvalue weighted by Crippen LogP contribution is 2.43. The molecule has 144 valence electrons. The number of alkyl halides is 2. The first-order chi connectivity index (χ1) is 12.1. The predicted octanol–water partition coefficient (Wildman–Crippen LogP) is 3.96. The highest BCUT2D eigenvalue weighted by atomic mass is 19.3. The van der Waals surface area contributed by atoms with Gasteiger partial charge in [0.25, 0.3) is 0 Å². The average molecular weight is 370 g/mol. The minimum Gasteiger partial charge on any atom is -0.466 e. The van der Waals surface area contributed by atoms with Crippen LogP contribution in [0.5, 0.6) is 5.75 Å². The minimum atomic E-state index is -2.97. The van der Waals surface area contributed by atoms with Crippen molar-refractivity contribution >= 4 is 13.1 Å². The van der Waals surface area contributed by atoms with Crippen LogP contribution in [0.3, 0.4) is 0 Å². The number of para-hydroxylation sites is 1. The fourth-order valence-corrected chi connectivity index (χ4v) is 2.80. The van der Waals surface area contributed by atoms with E-state index in [1.165, 1.54) is 6.07 Å². The van der Waals surface area contributed by atoms with E-state index >= 15 is 0 Å². The van der Waals surface area contributed by atoms with E-state index in [9.17, 15) is 13.6 Å². The van der Waals surface area contributed by atoms with Crippen molar-refractivity contribution in [2.75, 3.05) is 6.61 Å². The molecule has 0 amide bonds. The molecule has 1 saturated heterocycles. The predicted molar refractivity (Wildman–Crippen MR) is 93.1 cm³/mol. The summed E-state index contributed by atoms with van der Waals surface area (Å²) in [5, 5.41) is 0. The summed E-state index contributed by atoms with van der Waals surface area (Å²) in [6, 6.07) is 6.35. The molecule has 1 aromatic rings. The Hall–Kier alpha value is -1.67. The Labute approximate surface area is 153 Å². The van der Waals surface area contributed by atoms with Crippen molar-refractivity contribution in [1.82, 2.24) is 0 Å². The van der Waals surface area contributed by atoms with Gasteiger partial charge in [-0.25, -0.2) is 0 Å². The van der Waals surface area contributed by atoms with Gasteiger partial charge in [0.05, 0.1) is 24.2 Å². The van der Waals surface area contributed by atoms with Crippen LogP contribution in [0, 0.1) is 0 Å². The maximum absolute atomic E-state index is 12.8. The quantitative estimate of drug-likeness (QED) is 0.537. The molecule has 1 heterocycles. The van der Waals surface area contributed by atoms with E-state index in [0.29, 0.717) is 5.56 Å². The number of rotatable bonds is 7. The van der Waals surface area contributed by atoms with Crippen molar-refractivity contribution in [2.45, 2.75) is 64.7 Å². The number of esters is 1. The molecule has 0 aromatic heterocycles. The van der Waals surface area contributed by atoms with E-state index in [4.69, 9.17) is 14.0 Å². The highest BCUT2D eigenvalue weighted by Gasteiger charge is 2.54. The SMILES string of the molecule is CCOC(=O)CC(B1OC(C)(C)C(C)(C)O1)c1ccccc1OC(F)F. The number of ether oxygens (including phenoxy) is 2. The van der Waals surface area contributed by atoms with Gasteiger partial charge in [0.2, 0.25) is 0 Å². The fraction of sp³-hybridized carbons (Fsp3) is 0.611. The zero-order valence-corrected chi connectivity index (χ0v) is 15.8. The van der Waals surface area contributed by atoms with E-state index in [2.05, 4.69) is 4.74 Å². The first-order valence-corrected chi connectivity index (χ1v) is 8.62. The normalized spacial score (nSPS) is 19.5. The molecule has 1 aromatic carbocycles. The lowest BCUT2D eigenvalue weighted by molar-refractivity contribution is -0.143. The largest absolute Gasteiger partial charge is 0.466 e. The number of hydrogen-bond acceptors (Lipinski definition) is 5. The lowest BCUT2D eigenvalue weighted by Crippen LogP contribution is -2.41. The van der Waals surface area contributed by atoms with Gasteiger partial charge in [0.1, 0.15) is 5.75 Å². The fourth-order valence-electron chi connectivity index (χ4n) is 2.80. The van der Waals surface area contributed by atoms with E-state index < -0.39 is 36.7 Å². The summed E-state index contributed by atoms with van der Waals surface area (Å²) < 4.78 is 47.4. The molecule has 1 atom stereocenters. The van der Waals surface area contributed by atoms with Crippen LogP contribution in [0.4, 0.5) is 8.78 Å². The molecule has 0 bridgehead atoms. The van der Waals surface area contributed by atoms with Crippen molar-refractivity contribution in [1.29, 1.82) is 0 Å². The maximum Gasteiger partial charge on any atom is 0.466 e. The third-order valence-corrected chi connectivity index (χ3v) is 4.83. The molecular weight excluding hydrogens is 345 g/mol. The van der Waals surface area contributed by atoms with Crippen molar-refractivity contribution in [3.8, 4) is 5.75 Å². The molecule has 1 unspecified atom stereocenters. The van der Waals surface area contributed by atoms with E-state index in [0.717, 1.165) is 0 Å². The number of carbonyl (C=O) groups excluding carboxylic acids is 1. The lowest BCUT2D eigenvalue weighted by atomic mass is 9.66. The summed E-state index contributed by atoms with van der Waals surface area (Å²) in [6.45, 7) is 6.50. The second kappa shape index (κ2) is 7.92. The zero-order valence-electron chi connectivity index (χ0n) is 15.8. The molecule has 0 saturated carbocycles. The number of hydrogen-bond donors (Lipinski definition) is 0. The molecule has 1 fully saturated rings. The standard InChI is InChI=1S/C18H25BF2O5/c1-6-23-15(22)11-13(19-25-17(2,3)18(4,5)26-19)12-9-7-8-10-14(12)24-16(20)21/h7-10,13,16H,6,11H2,1-5H3. The Morgan fingerprint density at radius 3 is 2.27 bits per heavy atom. The van der Waals surface area contributed by atoms with Gasteiger partial charge in [-0.15, -0.1) is 0 Å². The summed E-state index contributed by atoms with van der Waals surface area (Å²) in [5.41, 5.74) is -0.828. The molecule has 1 aliphatic heterocycles. The molecule has 0 aliphatic carbocycles. The Morgan fingerprint density at radius 1 is 1.15 bits per heavy atom. The summed E-state index contributed by atoms with van der Waals surface area (Å²) in [4.78, 5) is 12.1. The van der Waals surface area contributed by atoms with Crippen molar-refractivity contribution in [2.24, 2.45) is 0 Å². The third kappa shape index (κ3) is 4.54. The number of halogens is 2. The molecule has 2 rings (SSSR count). The molecule has 8 heteroatoms. The van der Waals surface area contributed by atoms with Crippen LogP contribution in [0.1, 0.15) is 52.4 Å². The van der Waals surface area contributed by atoms with Crippen LogP contribution in [0.2, 0.25) is 0 Å². The highest BCUT2D eigenvalue weighted by molar-refractivity contribution is 6.48. The van der Waals surface area contributed by atoms with Crippen molar-refractivity contribution < 1.29 is 32.4 Å². The zero-order chi connectivity index (χ0) is 19.5. The average Bonchev–Trinajstić information content (AvgIpc) is 2.73. The second-order valence-electron chi connectivity index (χ2n) is 7.16. The third-order valence-electron chi connectivity index (χ3n) is 4.83. The summed E-state index contributed by atoms with van der Waals surface area (Å²) in [5.74, 6) is -1.12. The van der Waals surface area contributed by atoms with Crippen LogP contribution < -0.4 is 4.74 Å². The first kappa shape index (κ1) is 20.6. The Kier molecular flexibility index (Phi) is 6.29. The van der Waals surface area contributed by atoms with Gasteiger partial charge in [0.15, 0.2) is 0 Å². The van der Waals surface area contributed by atoms with Gasteiger partial charge in [-0.2, -0.15) is 8.78 Å². The van der Waals surface area contributed by atoms with Gasteiger partial charge in [-0.3, -0.25) is 4.79 Å². The van der Waals surface area contributed by atoms with Crippen molar-refractivity contribution in [3.63, 3.8) is 0 Å². The van der Waals surface area contributed by atoms with Gasteiger partial charge < -0.3 is 18.8 Å². The van der Waals surface area contributed by atoms with E-state index in [1.807, 2.05) is 27.7 Å². The maximum atomic E-state index is 12.8. The van der Waals surface area contributed by atoms with E-state index in [-0.39, 0.29) is 18.8 Å².